The maximum Gasteiger partial charge on any atom is 0.243 e. The molecule has 0 spiro atoms. The second-order valence-corrected chi connectivity index (χ2v) is 8.48. The third-order valence-electron chi connectivity index (χ3n) is 5.34. The van der Waals surface area contributed by atoms with Crippen LogP contribution >= 0.6 is 11.8 Å². The van der Waals surface area contributed by atoms with Crippen LogP contribution in [0.2, 0.25) is 0 Å². The number of methoxy groups -OCH3 is 1. The molecule has 0 radical (unpaired) electrons. The number of benzene rings is 1. The molecule has 2 aliphatic rings. The first kappa shape index (κ1) is 20.2. The van der Waals surface area contributed by atoms with E-state index in [1.165, 1.54) is 0 Å². The van der Waals surface area contributed by atoms with Gasteiger partial charge in [0.1, 0.15) is 10.9 Å². The smallest absolute Gasteiger partial charge is 0.243 e. The summed E-state index contributed by atoms with van der Waals surface area (Å²) in [5, 5.41) is 3.03. The summed E-state index contributed by atoms with van der Waals surface area (Å²) in [5.74, 6) is 0.692. The molecule has 2 amide bonds. The molecule has 0 unspecified atom stereocenters. The number of carbonyl (C=O) groups is 2. The van der Waals surface area contributed by atoms with Crippen molar-refractivity contribution >= 4 is 23.6 Å². The molecule has 0 saturated carbocycles. The highest BCUT2D eigenvalue weighted by atomic mass is 32.2. The van der Waals surface area contributed by atoms with E-state index in [1.54, 1.807) is 18.9 Å². The summed E-state index contributed by atoms with van der Waals surface area (Å²) < 4.78 is 5.06. The standard InChI is InChI=1S/C20H29N3O3S/c1-22(12-6-14-26-2)13-11-21-19(25)17-15-27-20(10-9-18(24)23(17)20)16-7-4-3-5-8-16/h3-5,7-8,17H,6,9-15H2,1-2H3,(H,21,25)/t17-,20-/m0/s1. The molecule has 3 rings (SSSR count). The molecule has 0 aromatic heterocycles. The van der Waals surface area contributed by atoms with E-state index >= 15 is 0 Å². The van der Waals surface area contributed by atoms with Gasteiger partial charge in [-0.25, -0.2) is 0 Å². The van der Waals surface area contributed by atoms with Gasteiger partial charge in [0.2, 0.25) is 11.8 Å². The van der Waals surface area contributed by atoms with Gasteiger partial charge in [-0.2, -0.15) is 0 Å². The van der Waals surface area contributed by atoms with E-state index in [0.29, 0.717) is 18.7 Å². The van der Waals surface area contributed by atoms with Gasteiger partial charge in [0.05, 0.1) is 0 Å². The molecule has 2 heterocycles. The zero-order valence-corrected chi connectivity index (χ0v) is 17.0. The van der Waals surface area contributed by atoms with Crippen molar-refractivity contribution < 1.29 is 14.3 Å². The molecule has 2 fully saturated rings. The molecule has 6 nitrogen and oxygen atoms in total. The van der Waals surface area contributed by atoms with Gasteiger partial charge in [-0.15, -0.1) is 11.8 Å². The van der Waals surface area contributed by atoms with Crippen LogP contribution in [0, 0.1) is 0 Å². The van der Waals surface area contributed by atoms with Crippen LogP contribution in [0.3, 0.4) is 0 Å². The molecule has 2 aliphatic heterocycles. The maximum atomic E-state index is 12.8. The number of rotatable bonds is 9. The van der Waals surface area contributed by atoms with E-state index in [9.17, 15) is 9.59 Å². The molecule has 0 aliphatic carbocycles. The van der Waals surface area contributed by atoms with Crippen molar-refractivity contribution in [3.8, 4) is 0 Å². The Bertz CT molecular complexity index is 657. The lowest BCUT2D eigenvalue weighted by Crippen LogP contribution is -2.50. The van der Waals surface area contributed by atoms with Crippen LogP contribution in [0.1, 0.15) is 24.8 Å². The number of ether oxygens (including phenoxy) is 1. The predicted molar refractivity (Wildman–Crippen MR) is 107 cm³/mol. The largest absolute Gasteiger partial charge is 0.385 e. The number of carbonyl (C=O) groups excluding carboxylic acids is 2. The van der Waals surface area contributed by atoms with Crippen molar-refractivity contribution in [1.82, 2.24) is 15.1 Å². The molecule has 2 atom stereocenters. The van der Waals surface area contributed by atoms with E-state index in [2.05, 4.69) is 22.3 Å². The fourth-order valence-corrected chi connectivity index (χ4v) is 5.57. The molecule has 2 saturated heterocycles. The number of fused-ring (bicyclic) bond motifs is 1. The highest BCUT2D eigenvalue weighted by Crippen LogP contribution is 2.54. The van der Waals surface area contributed by atoms with Crippen molar-refractivity contribution in [3.63, 3.8) is 0 Å². The summed E-state index contributed by atoms with van der Waals surface area (Å²) >= 11 is 1.73. The number of hydrogen-bond acceptors (Lipinski definition) is 5. The fraction of sp³-hybridized carbons (Fsp3) is 0.600. The molecule has 148 valence electrons. The van der Waals surface area contributed by atoms with Gasteiger partial charge in [-0.1, -0.05) is 30.3 Å². The summed E-state index contributed by atoms with van der Waals surface area (Å²) in [5.41, 5.74) is 1.12. The van der Waals surface area contributed by atoms with Gasteiger partial charge < -0.3 is 19.9 Å². The van der Waals surface area contributed by atoms with E-state index in [1.807, 2.05) is 30.1 Å². The minimum atomic E-state index is -0.385. The van der Waals surface area contributed by atoms with Crippen LogP contribution in [0.25, 0.3) is 0 Å². The Balaban J connectivity index is 1.58. The number of nitrogens with zero attached hydrogens (tertiary/aromatic N) is 2. The first-order valence-corrected chi connectivity index (χ1v) is 10.5. The molecule has 1 aromatic carbocycles. The van der Waals surface area contributed by atoms with Crippen LogP contribution in [0.15, 0.2) is 30.3 Å². The molecule has 7 heteroatoms. The average molecular weight is 392 g/mol. The third kappa shape index (κ3) is 4.31. The first-order chi connectivity index (χ1) is 13.1. The van der Waals surface area contributed by atoms with Crippen LogP contribution in [-0.4, -0.2) is 73.8 Å². The highest BCUT2D eigenvalue weighted by molar-refractivity contribution is 8.00. The maximum absolute atomic E-state index is 12.8. The first-order valence-electron chi connectivity index (χ1n) is 9.55. The summed E-state index contributed by atoms with van der Waals surface area (Å²) in [6, 6.07) is 9.72. The van der Waals surface area contributed by atoms with Crippen molar-refractivity contribution in [1.29, 1.82) is 0 Å². The lowest BCUT2D eigenvalue weighted by Gasteiger charge is -2.34. The van der Waals surface area contributed by atoms with Gasteiger partial charge in [0, 0.05) is 45.5 Å². The van der Waals surface area contributed by atoms with Crippen molar-refractivity contribution in [3.05, 3.63) is 35.9 Å². The number of thioether (sulfide) groups is 1. The Morgan fingerprint density at radius 3 is 2.89 bits per heavy atom. The van der Waals surface area contributed by atoms with Crippen LogP contribution in [0.4, 0.5) is 0 Å². The highest BCUT2D eigenvalue weighted by Gasteiger charge is 2.56. The monoisotopic (exact) mass is 391 g/mol. The fourth-order valence-electron chi connectivity index (χ4n) is 3.91. The zero-order valence-electron chi connectivity index (χ0n) is 16.1. The van der Waals surface area contributed by atoms with Crippen LogP contribution < -0.4 is 5.32 Å². The Morgan fingerprint density at radius 1 is 1.37 bits per heavy atom. The number of nitrogens with one attached hydrogen (secondary N) is 1. The molecule has 1 aromatic rings. The SMILES string of the molecule is COCCCN(C)CCNC(=O)[C@@H]1CS[C@]2(c3ccccc3)CCC(=O)N12. The second-order valence-electron chi connectivity index (χ2n) is 7.18. The summed E-state index contributed by atoms with van der Waals surface area (Å²) in [7, 11) is 3.74. The number of likely N-dealkylation sites (N-methyl/N-ethyl adjacent to an activating group) is 1. The van der Waals surface area contributed by atoms with Crippen LogP contribution in [0.5, 0.6) is 0 Å². The van der Waals surface area contributed by atoms with Crippen molar-refractivity contribution in [2.75, 3.05) is 46.2 Å². The topological polar surface area (TPSA) is 61.9 Å². The Kier molecular flexibility index (Phi) is 6.78. The zero-order chi connectivity index (χ0) is 19.3. The minimum absolute atomic E-state index is 0.0409. The lowest BCUT2D eigenvalue weighted by molar-refractivity contribution is -0.138. The molecular weight excluding hydrogens is 362 g/mol. The van der Waals surface area contributed by atoms with Gasteiger partial charge in [-0.3, -0.25) is 9.59 Å². The quantitative estimate of drug-likeness (QED) is 0.649. The van der Waals surface area contributed by atoms with Gasteiger partial charge in [0.15, 0.2) is 0 Å². The Morgan fingerprint density at radius 2 is 2.15 bits per heavy atom. The molecule has 27 heavy (non-hydrogen) atoms. The number of amides is 2. The molecular formula is C20H29N3O3S. The average Bonchev–Trinajstić information content (AvgIpc) is 3.22. The van der Waals surface area contributed by atoms with Crippen LogP contribution in [-0.2, 0) is 19.2 Å². The Hall–Kier alpha value is -1.57. The van der Waals surface area contributed by atoms with Crippen molar-refractivity contribution in [2.24, 2.45) is 0 Å². The summed E-state index contributed by atoms with van der Waals surface area (Å²) in [6.07, 6.45) is 2.25. The van der Waals surface area contributed by atoms with Gasteiger partial charge in [0.25, 0.3) is 0 Å². The Labute approximate surface area is 165 Å². The summed E-state index contributed by atoms with van der Waals surface area (Å²) in [6.45, 7) is 3.05. The normalized spacial score (nSPS) is 24.5. The van der Waals surface area contributed by atoms with Crippen molar-refractivity contribution in [2.45, 2.75) is 30.2 Å². The van der Waals surface area contributed by atoms with Gasteiger partial charge >= 0.3 is 0 Å². The van der Waals surface area contributed by atoms with Gasteiger partial charge in [-0.05, 0) is 25.5 Å². The predicted octanol–water partition coefficient (Wildman–Crippen LogP) is 1.66. The van der Waals surface area contributed by atoms with E-state index in [-0.39, 0.29) is 22.7 Å². The third-order valence-corrected chi connectivity index (χ3v) is 6.93. The van der Waals surface area contributed by atoms with E-state index in [4.69, 9.17) is 4.74 Å². The van der Waals surface area contributed by atoms with E-state index in [0.717, 1.165) is 38.1 Å². The minimum Gasteiger partial charge on any atom is -0.385 e. The molecule has 1 N–H and O–H groups in total. The van der Waals surface area contributed by atoms with E-state index < -0.39 is 0 Å². The lowest BCUT2D eigenvalue weighted by atomic mass is 10.0. The number of hydrogen-bond donors (Lipinski definition) is 1. The summed E-state index contributed by atoms with van der Waals surface area (Å²) in [4.78, 5) is 29.0. The molecule has 0 bridgehead atoms. The second kappa shape index (κ2) is 9.08.